The smallest absolute Gasteiger partial charge is 0.252 e. The summed E-state index contributed by atoms with van der Waals surface area (Å²) < 4.78 is 5.38. The highest BCUT2D eigenvalue weighted by atomic mass is 16.5. The predicted molar refractivity (Wildman–Crippen MR) is 108 cm³/mol. The lowest BCUT2D eigenvalue weighted by Crippen LogP contribution is -2.46. The summed E-state index contributed by atoms with van der Waals surface area (Å²) in [5, 5.41) is 0. The van der Waals surface area contributed by atoms with Crippen LogP contribution in [-0.4, -0.2) is 83.9 Å². The summed E-state index contributed by atoms with van der Waals surface area (Å²) in [4.78, 5) is 35.7. The van der Waals surface area contributed by atoms with Crippen LogP contribution in [0, 0.1) is 6.92 Å². The summed E-state index contributed by atoms with van der Waals surface area (Å²) in [5.74, 6) is 1.32. The Labute approximate surface area is 164 Å². The third-order valence-electron chi connectivity index (χ3n) is 5.38. The molecular formula is C19H27N7O2. The number of nitrogens with zero attached hydrogens (tertiary/aromatic N) is 6. The van der Waals surface area contributed by atoms with Crippen LogP contribution in [0.2, 0.25) is 0 Å². The molecule has 0 aromatic carbocycles. The van der Waals surface area contributed by atoms with Gasteiger partial charge in [-0.3, -0.25) is 9.78 Å². The molecule has 150 valence electrons. The van der Waals surface area contributed by atoms with Crippen molar-refractivity contribution >= 4 is 11.9 Å². The molecule has 2 saturated heterocycles. The highest BCUT2D eigenvalue weighted by Crippen LogP contribution is 2.22. The lowest BCUT2D eigenvalue weighted by molar-refractivity contribution is 0.122. The number of likely N-dealkylation sites (N-methyl/N-ethyl adjacent to an activating group) is 1. The summed E-state index contributed by atoms with van der Waals surface area (Å²) in [6.07, 6.45) is 1.79. The Bertz CT molecular complexity index is 871. The molecule has 4 rings (SSSR count). The Morgan fingerprint density at radius 3 is 2.50 bits per heavy atom. The molecule has 1 N–H and O–H groups in total. The molecule has 9 nitrogen and oxygen atoms in total. The van der Waals surface area contributed by atoms with Crippen LogP contribution in [0.1, 0.15) is 12.6 Å². The molecule has 0 amide bonds. The maximum atomic E-state index is 12.2. The van der Waals surface area contributed by atoms with Crippen molar-refractivity contribution < 1.29 is 4.74 Å². The zero-order chi connectivity index (χ0) is 19.5. The van der Waals surface area contributed by atoms with E-state index in [9.17, 15) is 4.79 Å². The molecule has 0 spiro atoms. The molecule has 2 aliphatic rings. The Kier molecular flexibility index (Phi) is 5.54. The van der Waals surface area contributed by atoms with Gasteiger partial charge in [-0.15, -0.1) is 0 Å². The number of aryl methyl sites for hydroxylation is 1. The molecule has 0 atom stereocenters. The lowest BCUT2D eigenvalue weighted by atomic mass is 10.1. The monoisotopic (exact) mass is 385 g/mol. The van der Waals surface area contributed by atoms with E-state index in [-0.39, 0.29) is 5.56 Å². The van der Waals surface area contributed by atoms with Crippen molar-refractivity contribution in [2.75, 3.05) is 68.8 Å². The molecule has 0 unspecified atom stereocenters. The number of morpholine rings is 1. The number of hydrogen-bond acceptors (Lipinski definition) is 8. The van der Waals surface area contributed by atoms with E-state index >= 15 is 0 Å². The number of aromatic amines is 1. The summed E-state index contributed by atoms with van der Waals surface area (Å²) in [7, 11) is 0. The van der Waals surface area contributed by atoms with Crippen LogP contribution in [0.5, 0.6) is 0 Å². The van der Waals surface area contributed by atoms with Gasteiger partial charge in [0, 0.05) is 57.1 Å². The Morgan fingerprint density at radius 1 is 1.07 bits per heavy atom. The van der Waals surface area contributed by atoms with Crippen molar-refractivity contribution in [1.29, 1.82) is 0 Å². The van der Waals surface area contributed by atoms with Crippen LogP contribution in [0.25, 0.3) is 11.3 Å². The summed E-state index contributed by atoms with van der Waals surface area (Å²) >= 11 is 0. The SMILES string of the molecule is CCN1CCN(c2ncc(-c3cc(=O)[nH]c(N4CCOCC4)n3)c(C)n2)CC1. The van der Waals surface area contributed by atoms with Crippen molar-refractivity contribution in [3.05, 3.63) is 28.3 Å². The van der Waals surface area contributed by atoms with Gasteiger partial charge in [-0.25, -0.2) is 15.0 Å². The van der Waals surface area contributed by atoms with Crippen LogP contribution in [-0.2, 0) is 4.74 Å². The second kappa shape index (κ2) is 8.24. The molecular weight excluding hydrogens is 358 g/mol. The van der Waals surface area contributed by atoms with Gasteiger partial charge in [0.1, 0.15) is 0 Å². The highest BCUT2D eigenvalue weighted by molar-refractivity contribution is 5.62. The van der Waals surface area contributed by atoms with Crippen molar-refractivity contribution in [2.24, 2.45) is 0 Å². The van der Waals surface area contributed by atoms with Crippen molar-refractivity contribution in [3.8, 4) is 11.3 Å². The first-order valence-electron chi connectivity index (χ1n) is 9.89. The Balaban J connectivity index is 1.58. The zero-order valence-corrected chi connectivity index (χ0v) is 16.5. The molecule has 2 aromatic rings. The first-order valence-corrected chi connectivity index (χ1v) is 9.89. The predicted octanol–water partition coefficient (Wildman–Crippen LogP) is 0.514. The van der Waals surface area contributed by atoms with Gasteiger partial charge in [0.2, 0.25) is 11.9 Å². The van der Waals surface area contributed by atoms with Gasteiger partial charge in [-0.1, -0.05) is 6.92 Å². The maximum absolute atomic E-state index is 12.2. The first-order chi connectivity index (χ1) is 13.6. The fourth-order valence-corrected chi connectivity index (χ4v) is 3.63. The first kappa shape index (κ1) is 18.8. The number of anilines is 2. The van der Waals surface area contributed by atoms with Gasteiger partial charge < -0.3 is 19.4 Å². The number of hydrogen-bond donors (Lipinski definition) is 1. The Morgan fingerprint density at radius 2 is 1.82 bits per heavy atom. The minimum atomic E-state index is -0.175. The van der Waals surface area contributed by atoms with Crippen molar-refractivity contribution in [3.63, 3.8) is 0 Å². The average molecular weight is 385 g/mol. The topological polar surface area (TPSA) is 90.5 Å². The van der Waals surface area contributed by atoms with E-state index < -0.39 is 0 Å². The van der Waals surface area contributed by atoms with Crippen LogP contribution in [0.3, 0.4) is 0 Å². The molecule has 2 aromatic heterocycles. The minimum absolute atomic E-state index is 0.175. The third-order valence-corrected chi connectivity index (χ3v) is 5.38. The van der Waals surface area contributed by atoms with Crippen molar-refractivity contribution in [1.82, 2.24) is 24.8 Å². The number of piperazine rings is 1. The minimum Gasteiger partial charge on any atom is -0.378 e. The zero-order valence-electron chi connectivity index (χ0n) is 16.5. The number of nitrogens with one attached hydrogen (secondary N) is 1. The van der Waals surface area contributed by atoms with E-state index in [1.807, 2.05) is 11.8 Å². The second-order valence-electron chi connectivity index (χ2n) is 7.14. The molecule has 2 aliphatic heterocycles. The number of rotatable bonds is 4. The molecule has 0 aliphatic carbocycles. The quantitative estimate of drug-likeness (QED) is 0.814. The van der Waals surface area contributed by atoms with Gasteiger partial charge in [-0.05, 0) is 13.5 Å². The summed E-state index contributed by atoms with van der Waals surface area (Å²) in [6, 6.07) is 1.51. The van der Waals surface area contributed by atoms with Gasteiger partial charge in [0.25, 0.3) is 5.56 Å². The van der Waals surface area contributed by atoms with Crippen LogP contribution >= 0.6 is 0 Å². The maximum Gasteiger partial charge on any atom is 0.252 e. The average Bonchev–Trinajstić information content (AvgIpc) is 2.74. The molecule has 4 heterocycles. The molecule has 0 saturated carbocycles. The molecule has 0 radical (unpaired) electrons. The molecule has 0 bridgehead atoms. The largest absolute Gasteiger partial charge is 0.378 e. The van der Waals surface area contributed by atoms with Gasteiger partial charge in [0.05, 0.1) is 24.6 Å². The third kappa shape index (κ3) is 4.00. The Hall–Kier alpha value is -2.52. The van der Waals surface area contributed by atoms with Crippen LogP contribution in [0.4, 0.5) is 11.9 Å². The van der Waals surface area contributed by atoms with Gasteiger partial charge in [0.15, 0.2) is 0 Å². The van der Waals surface area contributed by atoms with E-state index in [0.29, 0.717) is 37.9 Å². The number of H-pyrrole nitrogens is 1. The molecule has 28 heavy (non-hydrogen) atoms. The molecule has 2 fully saturated rings. The van der Waals surface area contributed by atoms with E-state index in [2.05, 4.69) is 31.7 Å². The van der Waals surface area contributed by atoms with Crippen molar-refractivity contribution in [2.45, 2.75) is 13.8 Å². The highest BCUT2D eigenvalue weighted by Gasteiger charge is 2.20. The number of aromatic nitrogens is 4. The normalized spacial score (nSPS) is 18.5. The summed E-state index contributed by atoms with van der Waals surface area (Å²) in [5.41, 5.74) is 2.04. The fourth-order valence-electron chi connectivity index (χ4n) is 3.63. The van der Waals surface area contributed by atoms with E-state index in [4.69, 9.17) is 9.72 Å². The molecule has 9 heteroatoms. The van der Waals surface area contributed by atoms with Crippen LogP contribution < -0.4 is 15.4 Å². The fraction of sp³-hybridized carbons (Fsp3) is 0.579. The van der Waals surface area contributed by atoms with Gasteiger partial charge in [-0.2, -0.15) is 0 Å². The van der Waals surface area contributed by atoms with Gasteiger partial charge >= 0.3 is 0 Å². The second-order valence-corrected chi connectivity index (χ2v) is 7.14. The van der Waals surface area contributed by atoms with E-state index in [1.54, 1.807) is 6.20 Å². The van der Waals surface area contributed by atoms with Crippen LogP contribution in [0.15, 0.2) is 17.1 Å². The number of ether oxygens (including phenoxy) is 1. The van der Waals surface area contributed by atoms with E-state index in [1.165, 1.54) is 6.07 Å². The van der Waals surface area contributed by atoms with E-state index in [0.717, 1.165) is 49.9 Å². The summed E-state index contributed by atoms with van der Waals surface area (Å²) in [6.45, 7) is 11.8. The lowest BCUT2D eigenvalue weighted by Gasteiger charge is -2.34. The standard InChI is InChI=1S/C19H27N7O2/c1-3-24-4-6-25(7-5-24)18-20-13-15(14(2)21-18)16-12-17(27)23-19(22-16)26-8-10-28-11-9-26/h12-13H,3-11H2,1-2H3,(H,22,23,27).